The molecule has 0 aromatic heterocycles. The third-order valence-corrected chi connectivity index (χ3v) is 4.87. The van der Waals surface area contributed by atoms with E-state index in [1.807, 2.05) is 0 Å². The molecule has 0 spiro atoms. The molecule has 0 radical (unpaired) electrons. The average Bonchev–Trinajstić information content (AvgIpc) is 2.01. The van der Waals surface area contributed by atoms with Gasteiger partial charge in [-0.3, -0.25) is 4.79 Å². The SMILES string of the molecule is CC12CCC(CC1)C(C)(C)[C@@H]2C(=O)O. The molecule has 3 fully saturated rings. The molecular weight excluding hydrogens is 176 g/mol. The van der Waals surface area contributed by atoms with Crippen molar-refractivity contribution in [1.29, 1.82) is 0 Å². The maximum atomic E-state index is 11.4. The van der Waals surface area contributed by atoms with E-state index in [1.54, 1.807) is 0 Å². The van der Waals surface area contributed by atoms with E-state index in [9.17, 15) is 9.90 Å². The van der Waals surface area contributed by atoms with Crippen LogP contribution in [0.1, 0.15) is 46.5 Å². The summed E-state index contributed by atoms with van der Waals surface area (Å²) in [6, 6.07) is 0. The topological polar surface area (TPSA) is 37.3 Å². The first-order chi connectivity index (χ1) is 6.38. The van der Waals surface area contributed by atoms with E-state index >= 15 is 0 Å². The maximum absolute atomic E-state index is 11.4. The van der Waals surface area contributed by atoms with Crippen LogP contribution < -0.4 is 0 Å². The monoisotopic (exact) mass is 196 g/mol. The van der Waals surface area contributed by atoms with Crippen LogP contribution in [-0.4, -0.2) is 11.1 Å². The van der Waals surface area contributed by atoms with Gasteiger partial charge in [-0.1, -0.05) is 20.8 Å². The van der Waals surface area contributed by atoms with Gasteiger partial charge in [0.25, 0.3) is 0 Å². The molecule has 3 aliphatic rings. The van der Waals surface area contributed by atoms with Gasteiger partial charge in [-0.15, -0.1) is 0 Å². The predicted molar refractivity (Wildman–Crippen MR) is 55.0 cm³/mol. The van der Waals surface area contributed by atoms with Gasteiger partial charge in [0.2, 0.25) is 0 Å². The van der Waals surface area contributed by atoms with Crippen molar-refractivity contribution >= 4 is 5.97 Å². The molecule has 2 nitrogen and oxygen atoms in total. The van der Waals surface area contributed by atoms with Gasteiger partial charge in [-0.05, 0) is 42.4 Å². The number of hydrogen-bond donors (Lipinski definition) is 1. The Kier molecular flexibility index (Phi) is 1.96. The van der Waals surface area contributed by atoms with Crippen molar-refractivity contribution < 1.29 is 9.90 Å². The van der Waals surface area contributed by atoms with Crippen LogP contribution in [0.15, 0.2) is 0 Å². The highest BCUT2D eigenvalue weighted by Crippen LogP contribution is 2.61. The van der Waals surface area contributed by atoms with E-state index in [-0.39, 0.29) is 16.7 Å². The van der Waals surface area contributed by atoms with Gasteiger partial charge < -0.3 is 5.11 Å². The fourth-order valence-corrected chi connectivity index (χ4v) is 4.06. The summed E-state index contributed by atoms with van der Waals surface area (Å²) in [5, 5.41) is 9.36. The Balaban J connectivity index is 2.40. The Morgan fingerprint density at radius 3 is 2.00 bits per heavy atom. The summed E-state index contributed by atoms with van der Waals surface area (Å²) in [6.07, 6.45) is 4.68. The number of carboxylic acids is 1. The molecule has 0 aromatic rings. The molecule has 80 valence electrons. The van der Waals surface area contributed by atoms with Crippen LogP contribution in [0.4, 0.5) is 0 Å². The number of carbonyl (C=O) groups is 1. The molecule has 2 bridgehead atoms. The van der Waals surface area contributed by atoms with E-state index in [0.717, 1.165) is 12.8 Å². The second kappa shape index (κ2) is 2.74. The lowest BCUT2D eigenvalue weighted by Crippen LogP contribution is -2.54. The smallest absolute Gasteiger partial charge is 0.307 e. The zero-order valence-corrected chi connectivity index (χ0v) is 9.34. The molecule has 0 heterocycles. The molecule has 3 saturated carbocycles. The Bertz CT molecular complexity index is 255. The zero-order valence-electron chi connectivity index (χ0n) is 9.34. The Morgan fingerprint density at radius 2 is 1.71 bits per heavy atom. The summed E-state index contributed by atoms with van der Waals surface area (Å²) in [6.45, 7) is 6.46. The van der Waals surface area contributed by atoms with Crippen LogP contribution in [0.5, 0.6) is 0 Å². The van der Waals surface area contributed by atoms with Crippen LogP contribution in [0.25, 0.3) is 0 Å². The third-order valence-electron chi connectivity index (χ3n) is 4.87. The Hall–Kier alpha value is -0.530. The fraction of sp³-hybridized carbons (Fsp3) is 0.917. The van der Waals surface area contributed by atoms with Crippen molar-refractivity contribution in [2.45, 2.75) is 46.5 Å². The Morgan fingerprint density at radius 1 is 1.21 bits per heavy atom. The minimum atomic E-state index is -0.582. The highest BCUT2D eigenvalue weighted by Gasteiger charge is 2.57. The van der Waals surface area contributed by atoms with Gasteiger partial charge in [0.05, 0.1) is 5.92 Å². The quantitative estimate of drug-likeness (QED) is 0.700. The molecule has 0 unspecified atom stereocenters. The lowest BCUT2D eigenvalue weighted by molar-refractivity contribution is -0.170. The summed E-state index contributed by atoms with van der Waals surface area (Å²) in [5.41, 5.74) is 0.0567. The molecule has 0 aromatic carbocycles. The summed E-state index contributed by atoms with van der Waals surface area (Å²) < 4.78 is 0. The van der Waals surface area contributed by atoms with Gasteiger partial charge in [0.15, 0.2) is 0 Å². The normalized spacial score (nSPS) is 45.1. The highest BCUT2D eigenvalue weighted by molar-refractivity contribution is 5.72. The van der Waals surface area contributed by atoms with Gasteiger partial charge in [0, 0.05) is 0 Å². The van der Waals surface area contributed by atoms with Crippen LogP contribution in [0, 0.1) is 22.7 Å². The molecule has 1 atom stereocenters. The molecule has 2 heteroatoms. The molecule has 14 heavy (non-hydrogen) atoms. The van der Waals surface area contributed by atoms with Crippen molar-refractivity contribution in [3.63, 3.8) is 0 Å². The number of carboxylic acid groups (broad SMARTS) is 1. The molecule has 0 aliphatic heterocycles. The second-order valence-corrected chi connectivity index (χ2v) is 6.02. The van der Waals surface area contributed by atoms with Gasteiger partial charge in [-0.2, -0.15) is 0 Å². The van der Waals surface area contributed by atoms with E-state index in [1.165, 1.54) is 12.8 Å². The molecule has 3 aliphatic carbocycles. The zero-order chi connectivity index (χ0) is 10.6. The van der Waals surface area contributed by atoms with E-state index in [0.29, 0.717) is 5.92 Å². The average molecular weight is 196 g/mol. The van der Waals surface area contributed by atoms with Gasteiger partial charge >= 0.3 is 5.97 Å². The molecule has 3 rings (SSSR count). The van der Waals surface area contributed by atoms with Crippen molar-refractivity contribution in [3.05, 3.63) is 0 Å². The summed E-state index contributed by atoms with van der Waals surface area (Å²) >= 11 is 0. The largest absolute Gasteiger partial charge is 0.481 e. The predicted octanol–water partition coefficient (Wildman–Crippen LogP) is 2.92. The summed E-state index contributed by atoms with van der Waals surface area (Å²) in [5.74, 6) is -0.0881. The van der Waals surface area contributed by atoms with Crippen LogP contribution in [-0.2, 0) is 4.79 Å². The van der Waals surface area contributed by atoms with E-state index < -0.39 is 5.97 Å². The first-order valence-electron chi connectivity index (χ1n) is 5.61. The van der Waals surface area contributed by atoms with E-state index in [2.05, 4.69) is 20.8 Å². The standard InChI is InChI=1S/C12H20O2/c1-11(2)8-4-6-12(3,7-5-8)9(11)10(13)14/h8-9H,4-7H2,1-3H3,(H,13,14)/t8?,9-,12?/m0/s1. The van der Waals surface area contributed by atoms with Crippen molar-refractivity contribution in [1.82, 2.24) is 0 Å². The van der Waals surface area contributed by atoms with Crippen molar-refractivity contribution in [3.8, 4) is 0 Å². The summed E-state index contributed by atoms with van der Waals surface area (Å²) in [7, 11) is 0. The number of hydrogen-bond acceptors (Lipinski definition) is 1. The summed E-state index contributed by atoms with van der Waals surface area (Å²) in [4.78, 5) is 11.4. The molecule has 1 N–H and O–H groups in total. The molecule has 0 saturated heterocycles. The lowest BCUT2D eigenvalue weighted by Gasteiger charge is -2.58. The first-order valence-corrected chi connectivity index (χ1v) is 5.61. The van der Waals surface area contributed by atoms with Crippen molar-refractivity contribution in [2.75, 3.05) is 0 Å². The maximum Gasteiger partial charge on any atom is 0.307 e. The number of aliphatic carboxylic acids is 1. The minimum absolute atomic E-state index is 0.00289. The fourth-order valence-electron chi connectivity index (χ4n) is 4.06. The van der Waals surface area contributed by atoms with Crippen LogP contribution in [0.3, 0.4) is 0 Å². The van der Waals surface area contributed by atoms with Gasteiger partial charge in [0.1, 0.15) is 0 Å². The van der Waals surface area contributed by atoms with Gasteiger partial charge in [-0.25, -0.2) is 0 Å². The van der Waals surface area contributed by atoms with Crippen molar-refractivity contribution in [2.24, 2.45) is 22.7 Å². The number of rotatable bonds is 1. The lowest BCUT2D eigenvalue weighted by atomic mass is 9.46. The minimum Gasteiger partial charge on any atom is -0.481 e. The van der Waals surface area contributed by atoms with Crippen LogP contribution >= 0.6 is 0 Å². The van der Waals surface area contributed by atoms with E-state index in [4.69, 9.17) is 0 Å². The third kappa shape index (κ3) is 1.12. The molecule has 0 amide bonds. The Labute approximate surface area is 85.7 Å². The first kappa shape index (κ1) is 10.0. The highest BCUT2D eigenvalue weighted by atomic mass is 16.4. The van der Waals surface area contributed by atoms with Crippen LogP contribution in [0.2, 0.25) is 0 Å². The second-order valence-electron chi connectivity index (χ2n) is 6.02. The number of fused-ring (bicyclic) bond motifs is 3. The molecular formula is C12H20O2.